The fraction of sp³-hybridized carbons (Fsp3) is 0.500. The van der Waals surface area contributed by atoms with Crippen molar-refractivity contribution in [2.75, 3.05) is 25.4 Å². The van der Waals surface area contributed by atoms with Gasteiger partial charge in [-0.15, -0.1) is 0 Å². The van der Waals surface area contributed by atoms with Gasteiger partial charge in [-0.05, 0) is 30.7 Å². The number of phenolic OH excluding ortho intramolecular Hbond substituents is 1. The van der Waals surface area contributed by atoms with Gasteiger partial charge >= 0.3 is 0 Å². The summed E-state index contributed by atoms with van der Waals surface area (Å²) in [5.41, 5.74) is 7.12. The Balaban J connectivity index is 2.59. The number of rotatable bonds is 6. The number of phenols is 1. The van der Waals surface area contributed by atoms with Crippen molar-refractivity contribution in [3.8, 4) is 5.75 Å². The number of nitrogen functional groups attached to an aromatic ring is 1. The zero-order valence-corrected chi connectivity index (χ0v) is 9.69. The highest BCUT2D eigenvalue weighted by atomic mass is 16.3. The highest BCUT2D eigenvalue weighted by molar-refractivity contribution is 5.53. The first-order valence-corrected chi connectivity index (χ1v) is 5.58. The van der Waals surface area contributed by atoms with Crippen molar-refractivity contribution in [2.45, 2.75) is 19.9 Å². The number of aliphatic hydroxyl groups excluding tert-OH is 1. The molecule has 0 bridgehead atoms. The summed E-state index contributed by atoms with van der Waals surface area (Å²) in [5.74, 6) is 0.127. The largest absolute Gasteiger partial charge is 0.506 e. The second kappa shape index (κ2) is 6.35. The monoisotopic (exact) mass is 224 g/mol. The molecule has 0 saturated carbocycles. The van der Waals surface area contributed by atoms with Gasteiger partial charge < -0.3 is 15.9 Å². The van der Waals surface area contributed by atoms with E-state index >= 15 is 0 Å². The summed E-state index contributed by atoms with van der Waals surface area (Å²) in [6.45, 7) is 4.89. The third kappa shape index (κ3) is 3.72. The van der Waals surface area contributed by atoms with Crippen LogP contribution in [0.25, 0.3) is 0 Å². The van der Waals surface area contributed by atoms with Crippen LogP contribution in [0, 0.1) is 0 Å². The van der Waals surface area contributed by atoms with E-state index in [4.69, 9.17) is 10.8 Å². The number of hydrogen-bond acceptors (Lipinski definition) is 4. The van der Waals surface area contributed by atoms with E-state index in [1.54, 1.807) is 12.1 Å². The van der Waals surface area contributed by atoms with Crippen LogP contribution in [0.15, 0.2) is 18.2 Å². The number of aromatic hydroxyl groups is 1. The number of hydrogen-bond donors (Lipinski definition) is 3. The highest BCUT2D eigenvalue weighted by Gasteiger charge is 2.05. The molecule has 0 unspecified atom stereocenters. The quantitative estimate of drug-likeness (QED) is 0.501. The molecule has 0 aromatic heterocycles. The van der Waals surface area contributed by atoms with Gasteiger partial charge in [0, 0.05) is 19.7 Å². The Hall–Kier alpha value is -1.26. The highest BCUT2D eigenvalue weighted by Crippen LogP contribution is 2.21. The maximum atomic E-state index is 9.30. The average molecular weight is 224 g/mol. The topological polar surface area (TPSA) is 69.7 Å². The molecular formula is C12H20N2O2. The number of aliphatic hydroxyl groups is 1. The number of nitrogens with two attached hydrogens (primary N) is 1. The summed E-state index contributed by atoms with van der Waals surface area (Å²) in [6.07, 6.45) is 0.779. The van der Waals surface area contributed by atoms with Crippen molar-refractivity contribution in [2.24, 2.45) is 0 Å². The molecule has 0 saturated heterocycles. The van der Waals surface area contributed by atoms with Crippen LogP contribution in [-0.4, -0.2) is 34.8 Å². The van der Waals surface area contributed by atoms with E-state index in [1.165, 1.54) is 0 Å². The van der Waals surface area contributed by atoms with Gasteiger partial charge in [-0.25, -0.2) is 0 Å². The van der Waals surface area contributed by atoms with Gasteiger partial charge in [0.25, 0.3) is 0 Å². The molecule has 0 amide bonds. The predicted octanol–water partition coefficient (Wildman–Crippen LogP) is 1.18. The van der Waals surface area contributed by atoms with Crippen molar-refractivity contribution >= 4 is 5.69 Å². The Morgan fingerprint density at radius 2 is 2.12 bits per heavy atom. The van der Waals surface area contributed by atoms with Crippen LogP contribution >= 0.6 is 0 Å². The molecule has 4 heteroatoms. The van der Waals surface area contributed by atoms with E-state index in [2.05, 4.69) is 11.8 Å². The first-order valence-electron chi connectivity index (χ1n) is 5.58. The molecule has 0 heterocycles. The molecule has 4 nitrogen and oxygen atoms in total. The Morgan fingerprint density at radius 3 is 2.69 bits per heavy atom. The zero-order chi connectivity index (χ0) is 12.0. The van der Waals surface area contributed by atoms with Gasteiger partial charge in [0.1, 0.15) is 5.75 Å². The average Bonchev–Trinajstić information content (AvgIpc) is 2.29. The number of anilines is 1. The molecule has 1 aromatic carbocycles. The van der Waals surface area contributed by atoms with Crippen molar-refractivity contribution in [3.63, 3.8) is 0 Å². The van der Waals surface area contributed by atoms with E-state index in [-0.39, 0.29) is 12.4 Å². The summed E-state index contributed by atoms with van der Waals surface area (Å²) in [7, 11) is 0. The van der Waals surface area contributed by atoms with Gasteiger partial charge in [0.15, 0.2) is 0 Å². The molecular weight excluding hydrogens is 204 g/mol. The maximum absolute atomic E-state index is 9.30. The lowest BCUT2D eigenvalue weighted by Crippen LogP contribution is -2.24. The van der Waals surface area contributed by atoms with Crippen LogP contribution in [0.2, 0.25) is 0 Å². The fourth-order valence-electron chi connectivity index (χ4n) is 1.60. The second-order valence-electron chi connectivity index (χ2n) is 3.84. The molecule has 1 rings (SSSR count). The SMILES string of the molecule is CCN(CCCO)Cc1ccc(O)c(N)c1. The summed E-state index contributed by atoms with van der Waals surface area (Å²) < 4.78 is 0. The lowest BCUT2D eigenvalue weighted by Gasteiger charge is -2.20. The number of nitrogens with zero attached hydrogens (tertiary/aromatic N) is 1. The minimum Gasteiger partial charge on any atom is -0.506 e. The van der Waals surface area contributed by atoms with Crippen LogP contribution in [0.5, 0.6) is 5.75 Å². The van der Waals surface area contributed by atoms with Crippen LogP contribution in [0.4, 0.5) is 5.69 Å². The van der Waals surface area contributed by atoms with Crippen LogP contribution < -0.4 is 5.73 Å². The molecule has 90 valence electrons. The molecule has 0 atom stereocenters. The van der Waals surface area contributed by atoms with Crippen molar-refractivity contribution in [1.82, 2.24) is 4.90 Å². The van der Waals surface area contributed by atoms with E-state index in [1.807, 2.05) is 6.07 Å². The van der Waals surface area contributed by atoms with Crippen molar-refractivity contribution < 1.29 is 10.2 Å². The Bertz CT molecular complexity index is 329. The third-order valence-electron chi connectivity index (χ3n) is 2.58. The maximum Gasteiger partial charge on any atom is 0.138 e. The summed E-state index contributed by atoms with van der Waals surface area (Å²) in [4.78, 5) is 2.22. The lowest BCUT2D eigenvalue weighted by atomic mass is 10.1. The predicted molar refractivity (Wildman–Crippen MR) is 65.2 cm³/mol. The van der Waals surface area contributed by atoms with Crippen LogP contribution in [-0.2, 0) is 6.54 Å². The minimum absolute atomic E-state index is 0.127. The molecule has 0 aliphatic rings. The Morgan fingerprint density at radius 1 is 1.38 bits per heavy atom. The van der Waals surface area contributed by atoms with E-state index in [9.17, 15) is 5.11 Å². The van der Waals surface area contributed by atoms with Gasteiger partial charge in [0.05, 0.1) is 5.69 Å². The lowest BCUT2D eigenvalue weighted by molar-refractivity contribution is 0.225. The first kappa shape index (κ1) is 12.8. The minimum atomic E-state index is 0.127. The molecule has 1 aromatic rings. The van der Waals surface area contributed by atoms with E-state index < -0.39 is 0 Å². The van der Waals surface area contributed by atoms with E-state index in [0.29, 0.717) is 5.69 Å². The fourth-order valence-corrected chi connectivity index (χ4v) is 1.60. The number of benzene rings is 1. The van der Waals surface area contributed by atoms with Crippen molar-refractivity contribution in [3.05, 3.63) is 23.8 Å². The summed E-state index contributed by atoms with van der Waals surface area (Å²) >= 11 is 0. The normalized spacial score (nSPS) is 10.9. The molecule has 0 aliphatic carbocycles. The summed E-state index contributed by atoms with van der Waals surface area (Å²) in [6, 6.07) is 5.27. The molecule has 16 heavy (non-hydrogen) atoms. The molecule has 0 spiro atoms. The van der Waals surface area contributed by atoms with Crippen LogP contribution in [0.1, 0.15) is 18.9 Å². The Labute approximate surface area is 96.3 Å². The van der Waals surface area contributed by atoms with Gasteiger partial charge in [-0.2, -0.15) is 0 Å². The summed E-state index contributed by atoms with van der Waals surface area (Å²) in [5, 5.41) is 18.1. The molecule has 0 fully saturated rings. The molecule has 4 N–H and O–H groups in total. The molecule has 0 radical (unpaired) electrons. The van der Waals surface area contributed by atoms with Gasteiger partial charge in [-0.3, -0.25) is 4.90 Å². The zero-order valence-electron chi connectivity index (χ0n) is 9.69. The van der Waals surface area contributed by atoms with E-state index in [0.717, 1.165) is 31.6 Å². The smallest absolute Gasteiger partial charge is 0.138 e. The van der Waals surface area contributed by atoms with Gasteiger partial charge in [-0.1, -0.05) is 13.0 Å². The van der Waals surface area contributed by atoms with Crippen LogP contribution in [0.3, 0.4) is 0 Å². The first-order chi connectivity index (χ1) is 7.67. The molecule has 0 aliphatic heterocycles. The Kier molecular flexibility index (Phi) is 5.08. The van der Waals surface area contributed by atoms with Gasteiger partial charge in [0.2, 0.25) is 0 Å². The standard InChI is InChI=1S/C12H20N2O2/c1-2-14(6-3-7-15)9-10-4-5-12(16)11(13)8-10/h4-5,8,15-16H,2-3,6-7,9,13H2,1H3. The third-order valence-corrected chi connectivity index (χ3v) is 2.58. The van der Waals surface area contributed by atoms with Crippen molar-refractivity contribution in [1.29, 1.82) is 0 Å². The second-order valence-corrected chi connectivity index (χ2v) is 3.84.